The molecule has 29 aromatic rings. The van der Waals surface area contributed by atoms with Crippen LogP contribution in [-0.4, -0.2) is 0 Å². The van der Waals surface area contributed by atoms with Crippen LogP contribution in [0.5, 0.6) is 0 Å². The van der Waals surface area contributed by atoms with Crippen LogP contribution in [0.1, 0.15) is 0 Å². The molecule has 2 heteroatoms. The lowest BCUT2D eigenvalue weighted by atomic mass is 9.83. The Balaban J connectivity index is 0.0000000981. The molecule has 0 aliphatic rings. The van der Waals surface area contributed by atoms with Gasteiger partial charge in [0.1, 0.15) is 0 Å². The predicted octanol–water partition coefficient (Wildman–Crippen LogP) is 41.4. The topological polar surface area (TPSA) is 0 Å². The van der Waals surface area contributed by atoms with Gasteiger partial charge in [-0.3, -0.25) is 0 Å². The lowest BCUT2D eigenvalue weighted by molar-refractivity contribution is 1.61. The van der Waals surface area contributed by atoms with Crippen molar-refractivity contribution in [3.8, 4) is 122 Å². The third-order valence-corrected chi connectivity index (χ3v) is 31.3. The average Bonchev–Trinajstić information content (AvgIpc) is 0.858. The van der Waals surface area contributed by atoms with Crippen molar-refractivity contribution in [2.75, 3.05) is 0 Å². The maximum atomic E-state index is 2.40. The smallest absolute Gasteiger partial charge is 0.0355 e. The molecule has 27 aromatic carbocycles. The van der Waals surface area contributed by atoms with E-state index in [1.807, 2.05) is 22.7 Å². The molecule has 0 N–H and O–H groups in total. The first kappa shape index (κ1) is 86.3. The third-order valence-electron chi connectivity index (χ3n) is 29.0. The van der Waals surface area contributed by atoms with E-state index in [1.54, 1.807) is 0 Å². The minimum Gasteiger partial charge on any atom is -0.135 e. The zero-order valence-corrected chi connectivity index (χ0v) is 80.6. The zero-order chi connectivity index (χ0) is 95.3. The zero-order valence-electron chi connectivity index (χ0n) is 78.9. The Morgan fingerprint density at radius 3 is 0.639 bits per heavy atom. The van der Waals surface area contributed by atoms with Crippen molar-refractivity contribution in [2.24, 2.45) is 0 Å². The predicted molar refractivity (Wildman–Crippen MR) is 626 cm³/mol. The van der Waals surface area contributed by atoms with E-state index in [-0.39, 0.29) is 0 Å². The first-order valence-electron chi connectivity index (χ1n) is 49.6. The minimum atomic E-state index is 1.23. The van der Waals surface area contributed by atoms with Gasteiger partial charge < -0.3 is 0 Å². The third kappa shape index (κ3) is 15.7. The molecular formula is C142H92S2. The molecule has 0 amide bonds. The second kappa shape index (κ2) is 37.6. The Labute approximate surface area is 844 Å². The van der Waals surface area contributed by atoms with Crippen molar-refractivity contribution in [2.45, 2.75) is 0 Å². The van der Waals surface area contributed by atoms with Crippen LogP contribution in [0.15, 0.2) is 558 Å². The van der Waals surface area contributed by atoms with Crippen molar-refractivity contribution in [1.82, 2.24) is 0 Å². The summed E-state index contributed by atoms with van der Waals surface area (Å²) in [6.45, 7) is 0. The molecule has 2 heterocycles. The van der Waals surface area contributed by atoms with E-state index in [0.717, 1.165) is 0 Å². The molecule has 0 aliphatic carbocycles. The molecule has 0 radical (unpaired) electrons. The first-order chi connectivity index (χ1) is 71.5. The number of fused-ring (bicyclic) bond motifs is 16. The Kier molecular flexibility index (Phi) is 22.6. The summed E-state index contributed by atoms with van der Waals surface area (Å²) >= 11 is 3.74. The highest BCUT2D eigenvalue weighted by Gasteiger charge is 2.25. The van der Waals surface area contributed by atoms with Gasteiger partial charge in [-0.05, 0) is 285 Å². The summed E-state index contributed by atoms with van der Waals surface area (Å²) in [6.07, 6.45) is 0. The van der Waals surface area contributed by atoms with Gasteiger partial charge in [-0.1, -0.05) is 504 Å². The molecule has 0 nitrogen and oxygen atoms in total. The molecule has 0 spiro atoms. The van der Waals surface area contributed by atoms with E-state index in [2.05, 4.69) is 558 Å². The normalized spacial score (nSPS) is 11.5. The molecule has 0 unspecified atom stereocenters. The molecule has 0 bridgehead atoms. The Morgan fingerprint density at radius 2 is 0.299 bits per heavy atom. The van der Waals surface area contributed by atoms with Crippen molar-refractivity contribution in [3.63, 3.8) is 0 Å². The van der Waals surface area contributed by atoms with Gasteiger partial charge in [-0.25, -0.2) is 0 Å². The highest BCUT2D eigenvalue weighted by atomic mass is 32.1. The van der Waals surface area contributed by atoms with E-state index in [4.69, 9.17) is 0 Å². The largest absolute Gasteiger partial charge is 0.135 e. The maximum Gasteiger partial charge on any atom is 0.0355 e. The average molecular weight is 1860 g/mol. The van der Waals surface area contributed by atoms with E-state index < -0.39 is 0 Å². The molecule has 672 valence electrons. The molecule has 0 saturated heterocycles. The van der Waals surface area contributed by atoms with Crippen LogP contribution in [0.2, 0.25) is 0 Å². The summed E-state index contributed by atoms with van der Waals surface area (Å²) in [4.78, 5) is 0. The number of thiophene rings is 2. The highest BCUT2D eigenvalue weighted by molar-refractivity contribution is 7.26. The van der Waals surface area contributed by atoms with Gasteiger partial charge in [0.25, 0.3) is 0 Å². The number of hydrogen-bond donors (Lipinski definition) is 0. The standard InChI is InChI=1S/C38H24S.2C36H24.C32H20S/c1-2-12-25(13-3-1)27-14-4-5-16-29(27)38-32-19-8-6-17-30(32)37(31-18-7-9-20-33(31)38)26-22-23-36-34(24-26)28-15-10-11-21-35(28)39-36;1-2-12-26(13-3-1)35-31-17-6-8-19-33(31)36(34-20-9-7-18-32(34)35)30-16-10-15-28(24-30)29-22-21-25-11-4-5-14-27(25)23-29;1-2-13-26(14-3-1)35-31-18-8-10-20-33(31)36(34-21-11-9-19-32(34)35)30-17-7-6-16-29(30)28-23-22-25-12-4-5-15-27(25)24-28;1-2-10-21(11-3-1)31-24-13-4-6-15-26(24)32(27-16-7-5-14-25(27)31)22-18-19-30-28(20-22)23-12-8-9-17-29(23)33-30/h1-24H;2*1-24H;1-20H. The number of hydrogen-bond acceptors (Lipinski definition) is 2. The summed E-state index contributed by atoms with van der Waals surface area (Å²) in [5.41, 5.74) is 28.0. The summed E-state index contributed by atoms with van der Waals surface area (Å²) in [6, 6.07) is 203. The quantitative estimate of drug-likeness (QED) is 0.113. The summed E-state index contributed by atoms with van der Waals surface area (Å²) < 4.78 is 5.36. The second-order valence-electron chi connectivity index (χ2n) is 37.2. The molecule has 0 saturated carbocycles. The molecular weight excluding hydrogens is 1770 g/mol. The van der Waals surface area contributed by atoms with Gasteiger partial charge in [0, 0.05) is 40.3 Å². The molecule has 0 atom stereocenters. The van der Waals surface area contributed by atoms with Crippen molar-refractivity contribution in [3.05, 3.63) is 558 Å². The maximum absolute atomic E-state index is 2.40. The lowest BCUT2D eigenvalue weighted by Gasteiger charge is -2.19. The summed E-state index contributed by atoms with van der Waals surface area (Å²) in [5, 5.41) is 31.0. The van der Waals surface area contributed by atoms with E-state index in [1.165, 1.54) is 270 Å². The van der Waals surface area contributed by atoms with E-state index >= 15 is 0 Å². The SMILES string of the molecule is c1ccc(-c2c3ccccc3c(-c3ccc4sc5ccccc5c4c3)c3ccccc23)cc1.c1ccc(-c2c3ccccc3c(-c3cccc(-c4ccc5ccccc5c4)c3)c3ccccc23)cc1.c1ccc(-c2c3ccccc3c(-c3ccccc3-c3ccc4ccccc4c3)c3ccccc23)cc1.c1ccc(-c2ccccc2-c2c3ccccc3c(-c3ccc4sc5ccccc5c4c3)c3ccccc23)cc1. The van der Waals surface area contributed by atoms with Crippen molar-refractivity contribution in [1.29, 1.82) is 0 Å². The molecule has 2 aromatic heterocycles. The monoisotopic (exact) mass is 1860 g/mol. The van der Waals surface area contributed by atoms with E-state index in [9.17, 15) is 0 Å². The fraction of sp³-hybridized carbons (Fsp3) is 0. The van der Waals surface area contributed by atoms with E-state index in [0.29, 0.717) is 0 Å². The Bertz CT molecular complexity index is 9780. The molecule has 0 fully saturated rings. The van der Waals surface area contributed by atoms with Crippen LogP contribution in [0.3, 0.4) is 0 Å². The van der Waals surface area contributed by atoms with Crippen LogP contribution in [0.25, 0.3) is 270 Å². The molecule has 29 rings (SSSR count). The van der Waals surface area contributed by atoms with Gasteiger partial charge in [0.15, 0.2) is 0 Å². The van der Waals surface area contributed by atoms with Gasteiger partial charge >= 0.3 is 0 Å². The van der Waals surface area contributed by atoms with Gasteiger partial charge in [-0.15, -0.1) is 22.7 Å². The Morgan fingerprint density at radius 1 is 0.0903 bits per heavy atom. The summed E-state index contributed by atoms with van der Waals surface area (Å²) in [7, 11) is 0. The number of rotatable bonds is 11. The fourth-order valence-electron chi connectivity index (χ4n) is 22.6. The molecule has 0 aliphatic heterocycles. The summed E-state index contributed by atoms with van der Waals surface area (Å²) in [5.74, 6) is 0. The Hall–Kier alpha value is -18.0. The minimum absolute atomic E-state index is 1.23. The van der Waals surface area contributed by atoms with Crippen LogP contribution in [0, 0.1) is 0 Å². The highest BCUT2D eigenvalue weighted by Crippen LogP contribution is 2.53. The number of benzene rings is 27. The lowest BCUT2D eigenvalue weighted by Crippen LogP contribution is -1.92. The van der Waals surface area contributed by atoms with Crippen LogP contribution < -0.4 is 0 Å². The first-order valence-corrected chi connectivity index (χ1v) is 51.2. The van der Waals surface area contributed by atoms with Crippen molar-refractivity contribution >= 4 is 171 Å². The second-order valence-corrected chi connectivity index (χ2v) is 39.4. The van der Waals surface area contributed by atoms with Gasteiger partial charge in [-0.2, -0.15) is 0 Å². The van der Waals surface area contributed by atoms with Gasteiger partial charge in [0.2, 0.25) is 0 Å². The van der Waals surface area contributed by atoms with Crippen LogP contribution in [-0.2, 0) is 0 Å². The van der Waals surface area contributed by atoms with Gasteiger partial charge in [0.05, 0.1) is 0 Å². The molecule has 144 heavy (non-hydrogen) atoms. The fourth-order valence-corrected chi connectivity index (χ4v) is 24.8. The van der Waals surface area contributed by atoms with Crippen LogP contribution in [0.4, 0.5) is 0 Å². The van der Waals surface area contributed by atoms with Crippen LogP contribution >= 0.6 is 22.7 Å². The van der Waals surface area contributed by atoms with Crippen molar-refractivity contribution < 1.29 is 0 Å².